The van der Waals surface area contributed by atoms with Gasteiger partial charge in [0.25, 0.3) is 0 Å². The van der Waals surface area contributed by atoms with Gasteiger partial charge in [0.1, 0.15) is 0 Å². The highest BCUT2D eigenvalue weighted by atomic mass is 79.9. The van der Waals surface area contributed by atoms with Gasteiger partial charge in [-0.3, -0.25) is 4.79 Å². The molecule has 1 atom stereocenters. The molecule has 0 aliphatic carbocycles. The fourth-order valence-corrected chi connectivity index (χ4v) is 1.32. The number of rotatable bonds is 6. The van der Waals surface area contributed by atoms with Crippen molar-refractivity contribution in [2.45, 2.75) is 18.7 Å². The Morgan fingerprint density at radius 1 is 1.64 bits per heavy atom. The Hall–Kier alpha value is -0.350. The third-order valence-corrected chi connectivity index (χ3v) is 3.30. The van der Waals surface area contributed by atoms with Crippen LogP contribution in [0.1, 0.15) is 13.8 Å². The van der Waals surface area contributed by atoms with Crippen LogP contribution in [0.5, 0.6) is 0 Å². The predicted molar refractivity (Wildman–Crippen MR) is 61.4 cm³/mol. The molecular weight excluding hydrogens is 246 g/mol. The molecule has 0 aromatic heterocycles. The van der Waals surface area contributed by atoms with Crippen molar-refractivity contribution in [3.05, 3.63) is 12.7 Å². The van der Waals surface area contributed by atoms with Gasteiger partial charge in [0.15, 0.2) is 0 Å². The number of hydrogen-bond donors (Lipinski definition) is 1. The second kappa shape index (κ2) is 7.01. The second-order valence-electron chi connectivity index (χ2n) is 3.44. The molecule has 0 rings (SSSR count). The van der Waals surface area contributed by atoms with Crippen molar-refractivity contribution in [3.63, 3.8) is 0 Å². The number of aliphatic hydroxyl groups is 1. The maximum atomic E-state index is 11.8. The summed E-state index contributed by atoms with van der Waals surface area (Å²) >= 11 is 3.34. The van der Waals surface area contributed by atoms with Crippen LogP contribution in [-0.2, 0) is 4.79 Å². The molecule has 0 aromatic carbocycles. The van der Waals surface area contributed by atoms with Crippen molar-refractivity contribution in [2.75, 3.05) is 19.7 Å². The maximum absolute atomic E-state index is 11.8. The van der Waals surface area contributed by atoms with E-state index in [0.717, 1.165) is 0 Å². The Morgan fingerprint density at radius 2 is 2.21 bits per heavy atom. The van der Waals surface area contributed by atoms with Gasteiger partial charge >= 0.3 is 0 Å². The highest BCUT2D eigenvalue weighted by Crippen LogP contribution is 2.14. The van der Waals surface area contributed by atoms with Gasteiger partial charge in [-0.05, 0) is 5.92 Å². The third kappa shape index (κ3) is 4.24. The summed E-state index contributed by atoms with van der Waals surface area (Å²) in [6.45, 7) is 8.35. The normalized spacial score (nSPS) is 12.6. The van der Waals surface area contributed by atoms with E-state index in [1.54, 1.807) is 11.0 Å². The number of halogens is 1. The minimum atomic E-state index is -0.186. The van der Waals surface area contributed by atoms with Crippen LogP contribution >= 0.6 is 15.9 Å². The lowest BCUT2D eigenvalue weighted by molar-refractivity contribution is -0.131. The summed E-state index contributed by atoms with van der Waals surface area (Å²) in [5.41, 5.74) is 0. The largest absolute Gasteiger partial charge is 0.395 e. The summed E-state index contributed by atoms with van der Waals surface area (Å²) in [6.07, 6.45) is 1.66. The lowest BCUT2D eigenvalue weighted by atomic mass is 10.1. The molecule has 0 spiro atoms. The quantitative estimate of drug-likeness (QED) is 0.582. The van der Waals surface area contributed by atoms with Gasteiger partial charge in [0.2, 0.25) is 5.91 Å². The highest BCUT2D eigenvalue weighted by Gasteiger charge is 2.23. The van der Waals surface area contributed by atoms with Crippen molar-refractivity contribution >= 4 is 21.8 Å². The molecule has 0 heterocycles. The molecule has 3 nitrogen and oxygen atoms in total. The first kappa shape index (κ1) is 13.7. The van der Waals surface area contributed by atoms with Gasteiger partial charge < -0.3 is 10.0 Å². The summed E-state index contributed by atoms with van der Waals surface area (Å²) in [6, 6.07) is 0. The van der Waals surface area contributed by atoms with Crippen LogP contribution in [-0.4, -0.2) is 40.4 Å². The Bertz CT molecular complexity index is 195. The van der Waals surface area contributed by atoms with E-state index in [0.29, 0.717) is 13.1 Å². The summed E-state index contributed by atoms with van der Waals surface area (Å²) in [5, 5.41) is 8.79. The SMILES string of the molecule is C=CCN(CCO)C(=O)C(Br)C(C)C. The Balaban J connectivity index is 4.33. The first-order valence-corrected chi connectivity index (χ1v) is 5.60. The van der Waals surface area contributed by atoms with Crippen LogP contribution in [0.3, 0.4) is 0 Å². The van der Waals surface area contributed by atoms with Crippen molar-refractivity contribution in [1.29, 1.82) is 0 Å². The van der Waals surface area contributed by atoms with Crippen molar-refractivity contribution in [2.24, 2.45) is 5.92 Å². The number of aliphatic hydroxyl groups excluding tert-OH is 1. The number of hydrogen-bond acceptors (Lipinski definition) is 2. The fraction of sp³-hybridized carbons (Fsp3) is 0.700. The van der Waals surface area contributed by atoms with Gasteiger partial charge in [-0.15, -0.1) is 6.58 Å². The summed E-state index contributed by atoms with van der Waals surface area (Å²) in [5.74, 6) is 0.252. The third-order valence-electron chi connectivity index (χ3n) is 1.85. The Kier molecular flexibility index (Phi) is 6.83. The molecule has 82 valence electrons. The molecule has 0 aliphatic rings. The lowest BCUT2D eigenvalue weighted by Gasteiger charge is -2.24. The van der Waals surface area contributed by atoms with Gasteiger partial charge in [-0.1, -0.05) is 35.9 Å². The Labute approximate surface area is 93.9 Å². The molecule has 4 heteroatoms. The number of carbonyl (C=O) groups is 1. The van der Waals surface area contributed by atoms with E-state index in [9.17, 15) is 4.79 Å². The summed E-state index contributed by atoms with van der Waals surface area (Å²) in [4.78, 5) is 13.2. The zero-order valence-electron chi connectivity index (χ0n) is 8.74. The van der Waals surface area contributed by atoms with E-state index in [1.165, 1.54) is 0 Å². The fourth-order valence-electron chi connectivity index (χ4n) is 1.03. The molecule has 0 bridgehead atoms. The van der Waals surface area contributed by atoms with Crippen LogP contribution in [0.15, 0.2) is 12.7 Å². The van der Waals surface area contributed by atoms with E-state index < -0.39 is 0 Å². The molecule has 0 fully saturated rings. The summed E-state index contributed by atoms with van der Waals surface area (Å²) in [7, 11) is 0. The van der Waals surface area contributed by atoms with E-state index in [-0.39, 0.29) is 23.3 Å². The average molecular weight is 264 g/mol. The molecule has 1 unspecified atom stereocenters. The monoisotopic (exact) mass is 263 g/mol. The van der Waals surface area contributed by atoms with E-state index >= 15 is 0 Å². The second-order valence-corrected chi connectivity index (χ2v) is 4.43. The molecule has 0 aliphatic heterocycles. The van der Waals surface area contributed by atoms with Crippen molar-refractivity contribution < 1.29 is 9.90 Å². The zero-order valence-corrected chi connectivity index (χ0v) is 10.3. The molecule has 1 amide bonds. The topological polar surface area (TPSA) is 40.5 Å². The predicted octanol–water partition coefficient (Wildman–Crippen LogP) is 1.41. The van der Waals surface area contributed by atoms with Crippen LogP contribution in [0, 0.1) is 5.92 Å². The standard InChI is InChI=1S/C10H18BrNO2/c1-4-5-12(6-7-13)10(14)9(11)8(2)3/h4,8-9,13H,1,5-7H2,2-3H3. The minimum absolute atomic E-state index is 0.00829. The zero-order chi connectivity index (χ0) is 11.1. The first-order chi connectivity index (χ1) is 6.54. The molecule has 0 aromatic rings. The van der Waals surface area contributed by atoms with Crippen molar-refractivity contribution in [3.8, 4) is 0 Å². The van der Waals surface area contributed by atoms with Crippen LogP contribution in [0.25, 0.3) is 0 Å². The average Bonchev–Trinajstić information content (AvgIpc) is 2.15. The minimum Gasteiger partial charge on any atom is -0.395 e. The number of carbonyl (C=O) groups excluding carboxylic acids is 1. The molecule has 0 radical (unpaired) electrons. The molecule has 14 heavy (non-hydrogen) atoms. The highest BCUT2D eigenvalue weighted by molar-refractivity contribution is 9.10. The maximum Gasteiger partial charge on any atom is 0.236 e. The number of alkyl halides is 1. The molecular formula is C10H18BrNO2. The van der Waals surface area contributed by atoms with Gasteiger partial charge in [-0.2, -0.15) is 0 Å². The van der Waals surface area contributed by atoms with Crippen LogP contribution in [0.2, 0.25) is 0 Å². The molecule has 0 saturated heterocycles. The van der Waals surface area contributed by atoms with Crippen LogP contribution < -0.4 is 0 Å². The Morgan fingerprint density at radius 3 is 2.57 bits per heavy atom. The number of amides is 1. The van der Waals surface area contributed by atoms with Gasteiger partial charge in [0, 0.05) is 13.1 Å². The van der Waals surface area contributed by atoms with Crippen molar-refractivity contribution in [1.82, 2.24) is 4.90 Å². The number of nitrogens with zero attached hydrogens (tertiary/aromatic N) is 1. The lowest BCUT2D eigenvalue weighted by Crippen LogP contribution is -2.40. The van der Waals surface area contributed by atoms with Gasteiger partial charge in [0.05, 0.1) is 11.4 Å². The first-order valence-electron chi connectivity index (χ1n) is 4.69. The smallest absolute Gasteiger partial charge is 0.236 e. The molecule has 0 saturated carbocycles. The van der Waals surface area contributed by atoms with Gasteiger partial charge in [-0.25, -0.2) is 0 Å². The van der Waals surface area contributed by atoms with E-state index in [2.05, 4.69) is 22.5 Å². The molecule has 1 N–H and O–H groups in total. The van der Waals surface area contributed by atoms with E-state index in [4.69, 9.17) is 5.11 Å². The summed E-state index contributed by atoms with van der Waals surface area (Å²) < 4.78 is 0. The van der Waals surface area contributed by atoms with Crippen LogP contribution in [0.4, 0.5) is 0 Å². The van der Waals surface area contributed by atoms with E-state index in [1.807, 2.05) is 13.8 Å².